The second-order valence-electron chi connectivity index (χ2n) is 3.24. The van der Waals surface area contributed by atoms with Crippen molar-refractivity contribution in [1.82, 2.24) is 5.32 Å². The van der Waals surface area contributed by atoms with E-state index in [0.29, 0.717) is 0 Å². The molecule has 0 bridgehead atoms. The number of rotatable bonds is 1. The topological polar surface area (TPSA) is 32.3 Å². The summed E-state index contributed by atoms with van der Waals surface area (Å²) in [6.45, 7) is 0. The minimum atomic E-state index is -0.257. The van der Waals surface area contributed by atoms with Gasteiger partial charge in [0.2, 0.25) is 0 Å². The van der Waals surface area contributed by atoms with Crippen LogP contribution in [0.25, 0.3) is 0 Å². The molecule has 0 aromatic heterocycles. The van der Waals surface area contributed by atoms with Gasteiger partial charge in [-0.05, 0) is 18.2 Å². The van der Waals surface area contributed by atoms with Gasteiger partial charge in [-0.1, -0.05) is 24.3 Å². The quantitative estimate of drug-likeness (QED) is 0.643. The number of fused-ring (bicyclic) bond motifs is 1. The van der Waals surface area contributed by atoms with Crippen molar-refractivity contribution in [1.29, 1.82) is 0 Å². The average molecular weight is 163 g/mol. The number of benzene rings is 1. The number of hydrogen-bond acceptors (Lipinski definition) is 2. The first-order valence-corrected chi connectivity index (χ1v) is 4.26. The Balaban J connectivity index is 2.40. The molecule has 64 valence electrons. The van der Waals surface area contributed by atoms with Crippen LogP contribution in [0.1, 0.15) is 17.2 Å². The maximum Gasteiger partial charge on any atom is 0.0775 e. The first-order valence-electron chi connectivity index (χ1n) is 4.26. The highest BCUT2D eigenvalue weighted by atomic mass is 16.3. The first kappa shape index (κ1) is 7.77. The van der Waals surface area contributed by atoms with Gasteiger partial charge in [0.15, 0.2) is 0 Å². The van der Waals surface area contributed by atoms with Crippen molar-refractivity contribution in [2.24, 2.45) is 0 Å². The van der Waals surface area contributed by atoms with Crippen molar-refractivity contribution in [3.63, 3.8) is 0 Å². The molecule has 0 aliphatic heterocycles. The lowest BCUT2D eigenvalue weighted by Crippen LogP contribution is -2.25. The van der Waals surface area contributed by atoms with Crippen LogP contribution in [0.15, 0.2) is 24.3 Å². The van der Waals surface area contributed by atoms with E-state index in [4.69, 9.17) is 0 Å². The van der Waals surface area contributed by atoms with E-state index in [1.165, 1.54) is 11.1 Å². The van der Waals surface area contributed by atoms with E-state index in [2.05, 4.69) is 17.4 Å². The van der Waals surface area contributed by atoms with Gasteiger partial charge in [0.1, 0.15) is 0 Å². The molecule has 2 nitrogen and oxygen atoms in total. The standard InChI is InChI=1S/C10H13NO/c1-11-10-8-5-3-2-4-7(8)6-9(10)12/h2-5,9-12H,6H2,1H3/t9-,10-/m1/s1. The minimum Gasteiger partial charge on any atom is -0.391 e. The Bertz CT molecular complexity index is 285. The molecule has 0 fully saturated rings. The molecular weight excluding hydrogens is 150 g/mol. The maximum absolute atomic E-state index is 9.65. The summed E-state index contributed by atoms with van der Waals surface area (Å²) in [7, 11) is 1.88. The van der Waals surface area contributed by atoms with Crippen LogP contribution in [0.4, 0.5) is 0 Å². The normalized spacial score (nSPS) is 27.2. The van der Waals surface area contributed by atoms with E-state index in [-0.39, 0.29) is 12.1 Å². The summed E-state index contributed by atoms with van der Waals surface area (Å²) in [5, 5.41) is 12.8. The van der Waals surface area contributed by atoms with E-state index in [1.54, 1.807) is 0 Å². The Morgan fingerprint density at radius 3 is 2.92 bits per heavy atom. The van der Waals surface area contributed by atoms with E-state index >= 15 is 0 Å². The molecule has 12 heavy (non-hydrogen) atoms. The van der Waals surface area contributed by atoms with Gasteiger partial charge in [-0.25, -0.2) is 0 Å². The Morgan fingerprint density at radius 1 is 1.42 bits per heavy atom. The van der Waals surface area contributed by atoms with Crippen LogP contribution >= 0.6 is 0 Å². The average Bonchev–Trinajstić information content (AvgIpc) is 2.40. The van der Waals surface area contributed by atoms with Gasteiger partial charge >= 0.3 is 0 Å². The molecule has 1 aromatic carbocycles. The van der Waals surface area contributed by atoms with Gasteiger partial charge in [-0.2, -0.15) is 0 Å². The lowest BCUT2D eigenvalue weighted by atomic mass is 10.1. The predicted molar refractivity (Wildman–Crippen MR) is 48.0 cm³/mol. The van der Waals surface area contributed by atoms with Crippen LogP contribution in [0.3, 0.4) is 0 Å². The molecule has 1 aromatic rings. The van der Waals surface area contributed by atoms with Crippen molar-refractivity contribution < 1.29 is 5.11 Å². The zero-order valence-corrected chi connectivity index (χ0v) is 7.12. The van der Waals surface area contributed by atoms with Gasteiger partial charge in [0.25, 0.3) is 0 Å². The molecule has 1 aliphatic carbocycles. The number of hydrogen-bond donors (Lipinski definition) is 2. The van der Waals surface area contributed by atoms with Crippen LogP contribution in [-0.4, -0.2) is 18.3 Å². The van der Waals surface area contributed by atoms with Gasteiger partial charge in [-0.3, -0.25) is 0 Å². The molecule has 2 N–H and O–H groups in total. The molecule has 0 unspecified atom stereocenters. The van der Waals surface area contributed by atoms with Gasteiger partial charge in [0, 0.05) is 6.42 Å². The summed E-state index contributed by atoms with van der Waals surface area (Å²) in [6.07, 6.45) is 0.522. The second kappa shape index (κ2) is 2.88. The SMILES string of the molecule is CN[C@@H]1c2ccccc2C[C@H]1O. The summed E-state index contributed by atoms with van der Waals surface area (Å²) in [6, 6.07) is 8.31. The molecule has 0 radical (unpaired) electrons. The third kappa shape index (κ3) is 1.04. The van der Waals surface area contributed by atoms with Crippen LogP contribution in [-0.2, 0) is 6.42 Å². The molecule has 2 rings (SSSR count). The smallest absolute Gasteiger partial charge is 0.0775 e. The Labute approximate surface area is 72.2 Å². The van der Waals surface area contributed by atoms with Crippen LogP contribution in [0.5, 0.6) is 0 Å². The third-order valence-electron chi connectivity index (χ3n) is 2.51. The van der Waals surface area contributed by atoms with Crippen molar-refractivity contribution in [3.8, 4) is 0 Å². The largest absolute Gasteiger partial charge is 0.391 e. The monoisotopic (exact) mass is 163 g/mol. The second-order valence-corrected chi connectivity index (χ2v) is 3.24. The lowest BCUT2D eigenvalue weighted by Gasteiger charge is -2.13. The van der Waals surface area contributed by atoms with E-state index in [0.717, 1.165) is 6.42 Å². The van der Waals surface area contributed by atoms with E-state index in [9.17, 15) is 5.11 Å². The maximum atomic E-state index is 9.65. The molecule has 1 aliphatic rings. The summed E-state index contributed by atoms with van der Waals surface area (Å²) >= 11 is 0. The number of likely N-dealkylation sites (N-methyl/N-ethyl adjacent to an activating group) is 1. The molecule has 0 saturated heterocycles. The Morgan fingerprint density at radius 2 is 2.17 bits per heavy atom. The van der Waals surface area contributed by atoms with Crippen molar-refractivity contribution in [3.05, 3.63) is 35.4 Å². The van der Waals surface area contributed by atoms with Gasteiger partial charge < -0.3 is 10.4 Å². The number of nitrogens with one attached hydrogen (secondary N) is 1. The molecule has 2 heteroatoms. The highest BCUT2D eigenvalue weighted by Crippen LogP contribution is 2.30. The molecule has 0 amide bonds. The fourth-order valence-corrected chi connectivity index (χ4v) is 1.92. The first-order chi connectivity index (χ1) is 5.83. The molecule has 2 atom stereocenters. The zero-order chi connectivity index (χ0) is 8.55. The lowest BCUT2D eigenvalue weighted by molar-refractivity contribution is 0.145. The Kier molecular flexibility index (Phi) is 1.87. The molecule has 0 heterocycles. The zero-order valence-electron chi connectivity index (χ0n) is 7.12. The number of aliphatic hydroxyl groups excluding tert-OH is 1. The highest BCUT2D eigenvalue weighted by molar-refractivity contribution is 5.36. The van der Waals surface area contributed by atoms with Crippen LogP contribution in [0.2, 0.25) is 0 Å². The fraction of sp³-hybridized carbons (Fsp3) is 0.400. The van der Waals surface area contributed by atoms with E-state index in [1.807, 2.05) is 19.2 Å². The summed E-state index contributed by atoms with van der Waals surface area (Å²) in [4.78, 5) is 0. The predicted octanol–water partition coefficient (Wildman–Crippen LogP) is 0.864. The van der Waals surface area contributed by atoms with Crippen LogP contribution in [0, 0.1) is 0 Å². The van der Waals surface area contributed by atoms with Gasteiger partial charge in [0.05, 0.1) is 12.1 Å². The van der Waals surface area contributed by atoms with Crippen molar-refractivity contribution >= 4 is 0 Å². The van der Waals surface area contributed by atoms with Crippen LogP contribution < -0.4 is 5.32 Å². The fourth-order valence-electron chi connectivity index (χ4n) is 1.92. The van der Waals surface area contributed by atoms with Crippen molar-refractivity contribution in [2.75, 3.05) is 7.05 Å². The summed E-state index contributed by atoms with van der Waals surface area (Å²) in [5.74, 6) is 0. The minimum absolute atomic E-state index is 0.126. The molecular formula is C10H13NO. The summed E-state index contributed by atoms with van der Waals surface area (Å²) in [5.41, 5.74) is 2.51. The van der Waals surface area contributed by atoms with E-state index < -0.39 is 0 Å². The Hall–Kier alpha value is -0.860. The highest BCUT2D eigenvalue weighted by Gasteiger charge is 2.28. The third-order valence-corrected chi connectivity index (χ3v) is 2.51. The number of aliphatic hydroxyl groups is 1. The summed E-state index contributed by atoms with van der Waals surface area (Å²) < 4.78 is 0. The molecule has 0 saturated carbocycles. The van der Waals surface area contributed by atoms with Gasteiger partial charge in [-0.15, -0.1) is 0 Å². The van der Waals surface area contributed by atoms with Crippen molar-refractivity contribution in [2.45, 2.75) is 18.6 Å². The molecule has 0 spiro atoms.